The number of anilines is 3. The lowest BCUT2D eigenvalue weighted by Crippen LogP contribution is -2.35. The van der Waals surface area contributed by atoms with Crippen molar-refractivity contribution < 1.29 is 9.59 Å². The third kappa shape index (κ3) is 6.77. The number of likely N-dealkylation sites (N-methyl/N-ethyl adjacent to an activating group) is 1. The number of hydrogen-bond donors (Lipinski definition) is 3. The Morgan fingerprint density at radius 3 is 2.10 bits per heavy atom. The first-order chi connectivity index (χ1) is 14.3. The molecule has 2 aromatic rings. The summed E-state index contributed by atoms with van der Waals surface area (Å²) in [6, 6.07) is 12.5. The molecule has 0 unspecified atom stereocenters. The molecule has 0 bridgehead atoms. The highest BCUT2D eigenvalue weighted by Gasteiger charge is 2.15. The third-order valence-electron chi connectivity index (χ3n) is 4.90. The average molecular weight is 412 g/mol. The number of urea groups is 1. The highest BCUT2D eigenvalue weighted by Crippen LogP contribution is 2.23. The third-order valence-corrected chi connectivity index (χ3v) is 4.90. The Kier molecular flexibility index (Phi) is 8.68. The first-order valence-electron chi connectivity index (χ1n) is 10.3. The summed E-state index contributed by atoms with van der Waals surface area (Å²) in [6.07, 6.45) is 0. The summed E-state index contributed by atoms with van der Waals surface area (Å²) in [5.41, 5.74) is 3.70. The van der Waals surface area contributed by atoms with E-state index in [-0.39, 0.29) is 11.9 Å². The summed E-state index contributed by atoms with van der Waals surface area (Å²) in [5, 5.41) is 8.58. The van der Waals surface area contributed by atoms with Crippen LogP contribution in [0.4, 0.5) is 21.9 Å². The molecule has 0 aromatic heterocycles. The van der Waals surface area contributed by atoms with Gasteiger partial charge in [-0.2, -0.15) is 0 Å². The van der Waals surface area contributed by atoms with Crippen LogP contribution in [0.3, 0.4) is 0 Å². The van der Waals surface area contributed by atoms with Crippen LogP contribution < -0.4 is 20.9 Å². The molecular weight excluding hydrogens is 378 g/mol. The molecule has 2 aromatic carbocycles. The van der Waals surface area contributed by atoms with Crippen LogP contribution in [0.15, 0.2) is 42.5 Å². The second kappa shape index (κ2) is 11.2. The number of aryl methyl sites for hydroxylation is 1. The predicted molar refractivity (Wildman–Crippen MR) is 125 cm³/mol. The van der Waals surface area contributed by atoms with Gasteiger partial charge in [-0.05, 0) is 50.3 Å². The number of nitrogens with one attached hydrogen (secondary N) is 3. The zero-order chi connectivity index (χ0) is 22.1. The molecule has 7 heteroatoms. The average Bonchev–Trinajstić information content (AvgIpc) is 2.72. The van der Waals surface area contributed by atoms with Crippen LogP contribution in [0.5, 0.6) is 0 Å². The molecule has 0 saturated heterocycles. The minimum Gasteiger partial charge on any atom is -0.377 e. The quantitative estimate of drug-likeness (QED) is 0.587. The highest BCUT2D eigenvalue weighted by atomic mass is 16.2. The van der Waals surface area contributed by atoms with E-state index in [2.05, 4.69) is 34.7 Å². The SMILES string of the molecule is CCN(CC)CCNC(=O)c1cc(NC(=O)Nc2ccc(C)cc2)ccc1N(C)C. The lowest BCUT2D eigenvalue weighted by molar-refractivity contribution is 0.0949. The number of hydrogen-bond acceptors (Lipinski definition) is 4. The van der Waals surface area contributed by atoms with Crippen molar-refractivity contribution in [2.75, 3.05) is 55.8 Å². The van der Waals surface area contributed by atoms with Gasteiger partial charge in [0.25, 0.3) is 5.91 Å². The van der Waals surface area contributed by atoms with Crippen molar-refractivity contribution >= 4 is 29.0 Å². The van der Waals surface area contributed by atoms with Gasteiger partial charge >= 0.3 is 6.03 Å². The van der Waals surface area contributed by atoms with Crippen molar-refractivity contribution in [3.05, 3.63) is 53.6 Å². The van der Waals surface area contributed by atoms with Gasteiger partial charge in [0.15, 0.2) is 0 Å². The summed E-state index contributed by atoms with van der Waals surface area (Å²) in [7, 11) is 3.78. The molecule has 2 rings (SSSR count). The smallest absolute Gasteiger partial charge is 0.323 e. The zero-order valence-electron chi connectivity index (χ0n) is 18.6. The van der Waals surface area contributed by atoms with Gasteiger partial charge in [0.05, 0.1) is 5.56 Å². The normalized spacial score (nSPS) is 10.6. The number of benzene rings is 2. The molecule has 3 N–H and O–H groups in total. The molecule has 3 amide bonds. The number of amides is 3. The van der Waals surface area contributed by atoms with Gasteiger partial charge in [-0.25, -0.2) is 4.79 Å². The van der Waals surface area contributed by atoms with E-state index in [4.69, 9.17) is 0 Å². The van der Waals surface area contributed by atoms with E-state index in [0.29, 0.717) is 23.5 Å². The molecule has 0 aliphatic heterocycles. The van der Waals surface area contributed by atoms with Gasteiger partial charge in [0.1, 0.15) is 0 Å². The van der Waals surface area contributed by atoms with E-state index in [0.717, 1.165) is 30.9 Å². The largest absolute Gasteiger partial charge is 0.377 e. The minimum absolute atomic E-state index is 0.159. The Morgan fingerprint density at radius 2 is 1.50 bits per heavy atom. The number of rotatable bonds is 9. The Hall–Kier alpha value is -3.06. The molecule has 0 spiro atoms. The Balaban J connectivity index is 2.07. The molecule has 30 heavy (non-hydrogen) atoms. The minimum atomic E-state index is -0.357. The zero-order valence-corrected chi connectivity index (χ0v) is 18.6. The molecule has 0 atom stereocenters. The van der Waals surface area contributed by atoms with Gasteiger partial charge in [-0.1, -0.05) is 31.5 Å². The van der Waals surface area contributed by atoms with Gasteiger partial charge in [-0.3, -0.25) is 4.79 Å². The molecule has 7 nitrogen and oxygen atoms in total. The summed E-state index contributed by atoms with van der Waals surface area (Å²) < 4.78 is 0. The van der Waals surface area contributed by atoms with Crippen LogP contribution in [-0.4, -0.2) is 57.1 Å². The van der Waals surface area contributed by atoms with E-state index in [1.807, 2.05) is 56.3 Å². The molecule has 0 fully saturated rings. The molecule has 0 saturated carbocycles. The van der Waals surface area contributed by atoms with Crippen LogP contribution in [-0.2, 0) is 0 Å². The summed E-state index contributed by atoms with van der Waals surface area (Å²) >= 11 is 0. The maximum atomic E-state index is 12.8. The molecule has 0 aliphatic rings. The molecule has 0 aliphatic carbocycles. The van der Waals surface area contributed by atoms with Crippen molar-refractivity contribution in [1.82, 2.24) is 10.2 Å². The lowest BCUT2D eigenvalue weighted by Gasteiger charge is -2.20. The Labute approximate surface area is 179 Å². The molecule has 0 radical (unpaired) electrons. The highest BCUT2D eigenvalue weighted by molar-refractivity contribution is 6.03. The van der Waals surface area contributed by atoms with Crippen molar-refractivity contribution in [2.45, 2.75) is 20.8 Å². The van der Waals surface area contributed by atoms with Gasteiger partial charge in [0, 0.05) is 44.2 Å². The maximum Gasteiger partial charge on any atom is 0.323 e. The van der Waals surface area contributed by atoms with E-state index in [9.17, 15) is 9.59 Å². The van der Waals surface area contributed by atoms with Crippen LogP contribution >= 0.6 is 0 Å². The van der Waals surface area contributed by atoms with Gasteiger partial charge in [-0.15, -0.1) is 0 Å². The second-order valence-corrected chi connectivity index (χ2v) is 7.35. The van der Waals surface area contributed by atoms with E-state index in [1.165, 1.54) is 0 Å². The fourth-order valence-corrected chi connectivity index (χ4v) is 3.08. The lowest BCUT2D eigenvalue weighted by atomic mass is 10.1. The number of carbonyl (C=O) groups excluding carboxylic acids is 2. The van der Waals surface area contributed by atoms with E-state index < -0.39 is 0 Å². The summed E-state index contributed by atoms with van der Waals surface area (Å²) in [4.78, 5) is 29.3. The maximum absolute atomic E-state index is 12.8. The van der Waals surface area contributed by atoms with Crippen molar-refractivity contribution in [3.8, 4) is 0 Å². The van der Waals surface area contributed by atoms with Crippen LogP contribution in [0.1, 0.15) is 29.8 Å². The fraction of sp³-hybridized carbons (Fsp3) is 0.391. The van der Waals surface area contributed by atoms with Crippen LogP contribution in [0.25, 0.3) is 0 Å². The van der Waals surface area contributed by atoms with E-state index in [1.54, 1.807) is 12.1 Å². The van der Waals surface area contributed by atoms with Crippen molar-refractivity contribution in [3.63, 3.8) is 0 Å². The molecule has 162 valence electrons. The first-order valence-corrected chi connectivity index (χ1v) is 10.3. The first kappa shape index (κ1) is 23.2. The molecular formula is C23H33N5O2. The van der Waals surface area contributed by atoms with Crippen molar-refractivity contribution in [2.24, 2.45) is 0 Å². The van der Waals surface area contributed by atoms with Crippen molar-refractivity contribution in [1.29, 1.82) is 0 Å². The van der Waals surface area contributed by atoms with Gasteiger partial charge < -0.3 is 25.8 Å². The standard InChI is InChI=1S/C23H33N5O2/c1-6-28(7-2)15-14-24-22(29)20-16-19(12-13-21(20)27(4)5)26-23(30)25-18-10-8-17(3)9-11-18/h8-13,16H,6-7,14-15H2,1-5H3,(H,24,29)(H2,25,26,30). The monoisotopic (exact) mass is 411 g/mol. The van der Waals surface area contributed by atoms with Crippen LogP contribution in [0.2, 0.25) is 0 Å². The Morgan fingerprint density at radius 1 is 0.900 bits per heavy atom. The van der Waals surface area contributed by atoms with Crippen LogP contribution in [0, 0.1) is 6.92 Å². The number of nitrogens with zero attached hydrogens (tertiary/aromatic N) is 2. The number of carbonyl (C=O) groups is 2. The second-order valence-electron chi connectivity index (χ2n) is 7.35. The summed E-state index contributed by atoms with van der Waals surface area (Å²) in [5.74, 6) is -0.159. The molecule has 0 heterocycles. The topological polar surface area (TPSA) is 76.7 Å². The predicted octanol–water partition coefficient (Wildman–Crippen LogP) is 3.78. The van der Waals surface area contributed by atoms with E-state index >= 15 is 0 Å². The summed E-state index contributed by atoms with van der Waals surface area (Å²) in [6.45, 7) is 9.46. The Bertz CT molecular complexity index is 845. The fourth-order valence-electron chi connectivity index (χ4n) is 3.08. The van der Waals surface area contributed by atoms with Gasteiger partial charge in [0.2, 0.25) is 0 Å².